The van der Waals surface area contributed by atoms with Gasteiger partial charge in [-0.25, -0.2) is 0 Å². The van der Waals surface area contributed by atoms with E-state index in [0.29, 0.717) is 0 Å². The highest BCUT2D eigenvalue weighted by Gasteiger charge is 2.40. The van der Waals surface area contributed by atoms with Crippen LogP contribution in [0.2, 0.25) is 0 Å². The fourth-order valence-corrected chi connectivity index (χ4v) is 1.96. The summed E-state index contributed by atoms with van der Waals surface area (Å²) in [7, 11) is 0.939. The highest BCUT2D eigenvalue weighted by molar-refractivity contribution is 8.68. The zero-order chi connectivity index (χ0) is 9.07. The molecule has 0 aliphatic heterocycles. The zero-order valence-corrected chi connectivity index (χ0v) is 8.06. The molecule has 0 aliphatic carbocycles. The van der Waals surface area contributed by atoms with E-state index in [9.17, 15) is 13.2 Å². The van der Waals surface area contributed by atoms with E-state index in [2.05, 4.69) is 11.7 Å². The van der Waals surface area contributed by atoms with E-state index in [0.717, 1.165) is 10.8 Å². The number of thiol groups is 1. The minimum absolute atomic E-state index is 0.0320. The maximum absolute atomic E-state index is 12.1. The summed E-state index contributed by atoms with van der Waals surface area (Å²) in [5, 5.41) is 0. The monoisotopic (exact) mass is 204 g/mol. The van der Waals surface area contributed by atoms with E-state index >= 15 is 0 Å². The molecular weight excluding hydrogens is 193 g/mol. The highest BCUT2D eigenvalue weighted by atomic mass is 33.1. The lowest BCUT2D eigenvalue weighted by molar-refractivity contribution is -0.178. The second kappa shape index (κ2) is 4.50. The van der Waals surface area contributed by atoms with Gasteiger partial charge in [0.25, 0.3) is 0 Å². The van der Waals surface area contributed by atoms with E-state index in [-0.39, 0.29) is 11.7 Å². The van der Waals surface area contributed by atoms with Gasteiger partial charge < -0.3 is 0 Å². The zero-order valence-electron chi connectivity index (χ0n) is 6.35. The summed E-state index contributed by atoms with van der Waals surface area (Å²) in [6, 6.07) is 0. The Bertz CT molecular complexity index is 111. The maximum Gasteiger partial charge on any atom is 0.392 e. The molecule has 0 radical (unpaired) electrons. The van der Waals surface area contributed by atoms with Gasteiger partial charge >= 0.3 is 6.18 Å². The largest absolute Gasteiger partial charge is 0.392 e. The van der Waals surface area contributed by atoms with Gasteiger partial charge in [0, 0.05) is 5.75 Å². The van der Waals surface area contributed by atoms with Crippen LogP contribution in [0.1, 0.15) is 13.8 Å². The standard InChI is InChI=1S/C6H11F3S2/c1-4(2)5(3-11-10)6(7,8)9/h4-5,10H,3H2,1-2H3. The second-order valence-electron chi connectivity index (χ2n) is 2.69. The first-order valence-corrected chi connectivity index (χ1v) is 5.26. The smallest absolute Gasteiger partial charge is 0.171 e. The Morgan fingerprint density at radius 3 is 1.91 bits per heavy atom. The van der Waals surface area contributed by atoms with Crippen LogP contribution >= 0.6 is 22.5 Å². The summed E-state index contributed by atoms with van der Waals surface area (Å²) < 4.78 is 36.3. The maximum atomic E-state index is 12.1. The van der Waals surface area contributed by atoms with Crippen molar-refractivity contribution >= 4 is 22.5 Å². The van der Waals surface area contributed by atoms with Gasteiger partial charge in [0.2, 0.25) is 0 Å². The van der Waals surface area contributed by atoms with E-state index < -0.39 is 12.1 Å². The molecule has 0 aromatic heterocycles. The van der Waals surface area contributed by atoms with Crippen molar-refractivity contribution < 1.29 is 13.2 Å². The molecule has 0 N–H and O–H groups in total. The normalized spacial score (nSPS) is 15.5. The number of alkyl halides is 3. The molecule has 0 rings (SSSR count). The average Bonchev–Trinajstić information content (AvgIpc) is 1.79. The fourth-order valence-electron chi connectivity index (χ4n) is 0.745. The molecule has 0 nitrogen and oxygen atoms in total. The number of hydrogen-bond donors (Lipinski definition) is 1. The Labute approximate surface area is 73.7 Å². The number of halogens is 3. The topological polar surface area (TPSA) is 0 Å². The molecule has 1 unspecified atom stereocenters. The van der Waals surface area contributed by atoms with Crippen LogP contribution in [-0.4, -0.2) is 11.9 Å². The van der Waals surface area contributed by atoms with Crippen molar-refractivity contribution in [2.75, 3.05) is 5.75 Å². The van der Waals surface area contributed by atoms with Gasteiger partial charge in [-0.1, -0.05) is 24.6 Å². The molecular formula is C6H11F3S2. The van der Waals surface area contributed by atoms with Crippen molar-refractivity contribution in [2.24, 2.45) is 11.8 Å². The Kier molecular flexibility index (Phi) is 4.70. The third kappa shape index (κ3) is 4.15. The van der Waals surface area contributed by atoms with E-state index in [1.807, 2.05) is 0 Å². The first-order valence-electron chi connectivity index (χ1n) is 3.22. The molecule has 0 saturated carbocycles. The van der Waals surface area contributed by atoms with Gasteiger partial charge in [0.05, 0.1) is 5.92 Å². The second-order valence-corrected chi connectivity index (χ2v) is 4.05. The Morgan fingerprint density at radius 1 is 1.36 bits per heavy atom. The highest BCUT2D eigenvalue weighted by Crippen LogP contribution is 2.34. The molecule has 0 heterocycles. The van der Waals surface area contributed by atoms with Crippen LogP contribution in [0.3, 0.4) is 0 Å². The molecule has 0 bridgehead atoms. The summed E-state index contributed by atoms with van der Waals surface area (Å²) >= 11 is 3.70. The summed E-state index contributed by atoms with van der Waals surface area (Å²) in [6.45, 7) is 3.14. The van der Waals surface area contributed by atoms with Crippen LogP contribution < -0.4 is 0 Å². The predicted molar refractivity (Wildman–Crippen MR) is 45.8 cm³/mol. The molecule has 0 aromatic carbocycles. The van der Waals surface area contributed by atoms with Gasteiger partial charge in [-0.3, -0.25) is 0 Å². The molecule has 0 saturated heterocycles. The lowest BCUT2D eigenvalue weighted by atomic mass is 9.98. The lowest BCUT2D eigenvalue weighted by Gasteiger charge is -2.22. The Morgan fingerprint density at radius 2 is 1.82 bits per heavy atom. The van der Waals surface area contributed by atoms with E-state index in [1.165, 1.54) is 0 Å². The molecule has 5 heteroatoms. The minimum Gasteiger partial charge on any atom is -0.171 e. The molecule has 11 heavy (non-hydrogen) atoms. The third-order valence-electron chi connectivity index (χ3n) is 1.48. The van der Waals surface area contributed by atoms with E-state index in [1.54, 1.807) is 13.8 Å². The Hall–Kier alpha value is 0.490. The van der Waals surface area contributed by atoms with Gasteiger partial charge in [-0.2, -0.15) is 13.2 Å². The summed E-state index contributed by atoms with van der Waals surface area (Å²) in [5.41, 5.74) is 0. The summed E-state index contributed by atoms with van der Waals surface area (Å²) in [5.74, 6) is -1.57. The lowest BCUT2D eigenvalue weighted by Crippen LogP contribution is -2.29. The molecule has 0 spiro atoms. The van der Waals surface area contributed by atoms with Crippen molar-refractivity contribution in [1.29, 1.82) is 0 Å². The van der Waals surface area contributed by atoms with Gasteiger partial charge in [0.1, 0.15) is 0 Å². The minimum atomic E-state index is -4.08. The van der Waals surface area contributed by atoms with Crippen LogP contribution in [-0.2, 0) is 0 Å². The SMILES string of the molecule is CC(C)C(CSS)C(F)(F)F. The summed E-state index contributed by atoms with van der Waals surface area (Å²) in [6.07, 6.45) is -4.08. The predicted octanol–water partition coefficient (Wildman–Crippen LogP) is 3.40. The molecule has 0 amide bonds. The van der Waals surface area contributed by atoms with Gasteiger partial charge in [0.15, 0.2) is 0 Å². The first kappa shape index (κ1) is 11.5. The van der Waals surface area contributed by atoms with Crippen molar-refractivity contribution in [2.45, 2.75) is 20.0 Å². The van der Waals surface area contributed by atoms with Gasteiger partial charge in [-0.05, 0) is 5.92 Å². The van der Waals surface area contributed by atoms with Crippen LogP contribution in [0.15, 0.2) is 0 Å². The van der Waals surface area contributed by atoms with Gasteiger partial charge in [-0.15, -0.1) is 11.7 Å². The van der Waals surface area contributed by atoms with Crippen LogP contribution in [0, 0.1) is 11.8 Å². The molecule has 0 aromatic rings. The number of rotatable bonds is 3. The fraction of sp³-hybridized carbons (Fsp3) is 1.00. The quantitative estimate of drug-likeness (QED) is 0.543. The van der Waals surface area contributed by atoms with Crippen molar-refractivity contribution in [1.82, 2.24) is 0 Å². The number of hydrogen-bond acceptors (Lipinski definition) is 2. The van der Waals surface area contributed by atoms with Crippen molar-refractivity contribution in [3.63, 3.8) is 0 Å². The molecule has 1 atom stereocenters. The van der Waals surface area contributed by atoms with Crippen molar-refractivity contribution in [3.05, 3.63) is 0 Å². The summed E-state index contributed by atoms with van der Waals surface area (Å²) in [4.78, 5) is 0. The van der Waals surface area contributed by atoms with Crippen LogP contribution in [0.25, 0.3) is 0 Å². The third-order valence-corrected chi connectivity index (χ3v) is 2.43. The van der Waals surface area contributed by atoms with Crippen molar-refractivity contribution in [3.8, 4) is 0 Å². The molecule has 0 aliphatic rings. The molecule has 68 valence electrons. The first-order chi connectivity index (χ1) is 4.89. The molecule has 0 fully saturated rings. The van der Waals surface area contributed by atoms with E-state index in [4.69, 9.17) is 0 Å². The average molecular weight is 204 g/mol. The van der Waals surface area contributed by atoms with Crippen LogP contribution in [0.5, 0.6) is 0 Å². The van der Waals surface area contributed by atoms with Crippen LogP contribution in [0.4, 0.5) is 13.2 Å². The Balaban J connectivity index is 4.10.